The average molecular weight is 270 g/mol. The zero-order valence-corrected chi connectivity index (χ0v) is 12.4. The molecule has 0 saturated carbocycles. The van der Waals surface area contributed by atoms with Crippen molar-refractivity contribution in [3.63, 3.8) is 0 Å². The maximum Gasteiger partial charge on any atom is 0.0784 e. The molecule has 0 aliphatic heterocycles. The summed E-state index contributed by atoms with van der Waals surface area (Å²) in [5, 5.41) is 0. The molecule has 0 aromatic carbocycles. The lowest BCUT2D eigenvalue weighted by Crippen LogP contribution is -2.30. The first kappa shape index (κ1) is 13.3. The molecule has 2 aromatic rings. The Morgan fingerprint density at radius 1 is 1.35 bits per heavy atom. The Hall–Kier alpha value is -1.68. The van der Waals surface area contributed by atoms with Crippen LogP contribution in [0, 0.1) is 12.3 Å². The fourth-order valence-corrected chi connectivity index (χ4v) is 3.12. The van der Waals surface area contributed by atoms with Gasteiger partial charge in [0.1, 0.15) is 0 Å². The van der Waals surface area contributed by atoms with Gasteiger partial charge in [-0.3, -0.25) is 9.97 Å². The number of fused-ring (bicyclic) bond motifs is 1. The lowest BCUT2D eigenvalue weighted by Gasteiger charge is -2.34. The molecule has 0 radical (unpaired) electrons. The van der Waals surface area contributed by atoms with Crippen LogP contribution in [-0.2, 0) is 13.0 Å². The van der Waals surface area contributed by atoms with Gasteiger partial charge in [0.15, 0.2) is 0 Å². The third-order valence-electron chi connectivity index (χ3n) is 4.10. The van der Waals surface area contributed by atoms with E-state index in [9.17, 15) is 0 Å². The Labute approximate surface area is 120 Å². The molecule has 4 heteroatoms. The molecule has 0 fully saturated rings. The van der Waals surface area contributed by atoms with Gasteiger partial charge in [-0.25, -0.2) is 0 Å². The maximum absolute atomic E-state index is 6.31. The minimum absolute atomic E-state index is 0.152. The van der Waals surface area contributed by atoms with Gasteiger partial charge in [-0.1, -0.05) is 13.8 Å². The lowest BCUT2D eigenvalue weighted by atomic mass is 9.74. The van der Waals surface area contributed by atoms with Crippen LogP contribution in [0.1, 0.15) is 49.0 Å². The predicted octanol–water partition coefficient (Wildman–Crippen LogP) is 2.61. The van der Waals surface area contributed by atoms with Crippen LogP contribution in [0.4, 0.5) is 0 Å². The Morgan fingerprint density at radius 3 is 2.85 bits per heavy atom. The van der Waals surface area contributed by atoms with Gasteiger partial charge >= 0.3 is 0 Å². The first-order chi connectivity index (χ1) is 9.44. The molecule has 0 spiro atoms. The van der Waals surface area contributed by atoms with E-state index >= 15 is 0 Å². The molecule has 3 rings (SSSR count). The number of aryl methyl sites for hydroxylation is 1. The van der Waals surface area contributed by atoms with Gasteiger partial charge in [0.25, 0.3) is 0 Å². The number of hydrogen-bond acceptors (Lipinski definition) is 3. The zero-order chi connectivity index (χ0) is 14.3. The summed E-state index contributed by atoms with van der Waals surface area (Å²) in [6, 6.07) is 2.32. The van der Waals surface area contributed by atoms with Crippen molar-refractivity contribution in [3.05, 3.63) is 47.3 Å². The van der Waals surface area contributed by atoms with Gasteiger partial charge in [-0.05, 0) is 36.8 Å². The van der Waals surface area contributed by atoms with Gasteiger partial charge in [-0.2, -0.15) is 0 Å². The van der Waals surface area contributed by atoms with Crippen molar-refractivity contribution in [1.82, 2.24) is 14.5 Å². The van der Waals surface area contributed by atoms with Crippen LogP contribution >= 0.6 is 0 Å². The Kier molecular flexibility index (Phi) is 3.13. The van der Waals surface area contributed by atoms with Crippen LogP contribution in [-0.4, -0.2) is 14.5 Å². The van der Waals surface area contributed by atoms with Crippen molar-refractivity contribution in [2.45, 2.75) is 46.2 Å². The van der Waals surface area contributed by atoms with E-state index in [1.54, 1.807) is 0 Å². The van der Waals surface area contributed by atoms with Crippen LogP contribution in [0.15, 0.2) is 24.7 Å². The van der Waals surface area contributed by atoms with E-state index < -0.39 is 0 Å². The number of hydrogen-bond donors (Lipinski definition) is 1. The molecule has 1 aliphatic rings. The summed E-state index contributed by atoms with van der Waals surface area (Å²) < 4.78 is 2.27. The molecule has 0 amide bonds. The Balaban J connectivity index is 1.91. The highest BCUT2D eigenvalue weighted by molar-refractivity contribution is 5.30. The molecule has 0 bridgehead atoms. The summed E-state index contributed by atoms with van der Waals surface area (Å²) in [4.78, 5) is 8.76. The van der Waals surface area contributed by atoms with E-state index in [0.717, 1.165) is 30.8 Å². The standard InChI is InChI=1S/C16H22N4/c1-11-8-19-12(9-18-11)10-20-5-4-13-14(17)6-16(2,3)7-15(13)20/h4-5,8-9,14H,6-7,10,17H2,1-3H3. The molecule has 20 heavy (non-hydrogen) atoms. The quantitative estimate of drug-likeness (QED) is 0.912. The SMILES string of the molecule is Cc1cnc(Cn2ccc3c2CC(C)(C)CC3N)cn1. The topological polar surface area (TPSA) is 56.7 Å². The highest BCUT2D eigenvalue weighted by Crippen LogP contribution is 2.40. The van der Waals surface area contributed by atoms with E-state index in [1.165, 1.54) is 11.3 Å². The van der Waals surface area contributed by atoms with E-state index in [0.29, 0.717) is 0 Å². The van der Waals surface area contributed by atoms with Crippen molar-refractivity contribution in [3.8, 4) is 0 Å². The lowest BCUT2D eigenvalue weighted by molar-refractivity contribution is 0.276. The summed E-state index contributed by atoms with van der Waals surface area (Å²) in [5.41, 5.74) is 11.2. The monoisotopic (exact) mass is 270 g/mol. The average Bonchev–Trinajstić information content (AvgIpc) is 2.74. The highest BCUT2D eigenvalue weighted by Gasteiger charge is 2.32. The normalized spacial score (nSPS) is 20.7. The van der Waals surface area contributed by atoms with Gasteiger partial charge in [0, 0.05) is 24.1 Å². The van der Waals surface area contributed by atoms with Crippen molar-refractivity contribution in [1.29, 1.82) is 0 Å². The number of rotatable bonds is 2. The Morgan fingerprint density at radius 2 is 2.15 bits per heavy atom. The molecule has 4 nitrogen and oxygen atoms in total. The summed E-state index contributed by atoms with van der Waals surface area (Å²) in [6.07, 6.45) is 7.93. The minimum atomic E-state index is 0.152. The van der Waals surface area contributed by atoms with Gasteiger partial charge in [-0.15, -0.1) is 0 Å². The second kappa shape index (κ2) is 4.70. The minimum Gasteiger partial charge on any atom is -0.345 e. The van der Waals surface area contributed by atoms with E-state index in [-0.39, 0.29) is 11.5 Å². The third kappa shape index (κ3) is 2.48. The molecule has 1 aliphatic carbocycles. The van der Waals surface area contributed by atoms with Crippen molar-refractivity contribution >= 4 is 0 Å². The van der Waals surface area contributed by atoms with E-state index in [2.05, 4.69) is 40.6 Å². The predicted molar refractivity (Wildman–Crippen MR) is 79.3 cm³/mol. The zero-order valence-electron chi connectivity index (χ0n) is 12.4. The molecule has 2 heterocycles. The van der Waals surface area contributed by atoms with Crippen LogP contribution in [0.2, 0.25) is 0 Å². The van der Waals surface area contributed by atoms with Crippen molar-refractivity contribution in [2.75, 3.05) is 0 Å². The third-order valence-corrected chi connectivity index (χ3v) is 4.10. The summed E-state index contributed by atoms with van der Waals surface area (Å²) >= 11 is 0. The maximum atomic E-state index is 6.31. The largest absolute Gasteiger partial charge is 0.345 e. The van der Waals surface area contributed by atoms with Crippen LogP contribution in [0.5, 0.6) is 0 Å². The first-order valence-corrected chi connectivity index (χ1v) is 7.16. The molecule has 1 unspecified atom stereocenters. The molecule has 2 aromatic heterocycles. The van der Waals surface area contributed by atoms with Crippen molar-refractivity contribution in [2.24, 2.45) is 11.1 Å². The summed E-state index contributed by atoms with van der Waals surface area (Å²) in [6.45, 7) is 7.30. The number of nitrogens with two attached hydrogens (primary N) is 1. The van der Waals surface area contributed by atoms with Gasteiger partial charge in [0.2, 0.25) is 0 Å². The van der Waals surface area contributed by atoms with Gasteiger partial charge in [0.05, 0.1) is 24.1 Å². The molecule has 1 atom stereocenters. The van der Waals surface area contributed by atoms with E-state index in [1.807, 2.05) is 19.3 Å². The van der Waals surface area contributed by atoms with Crippen LogP contribution in [0.25, 0.3) is 0 Å². The number of aromatic nitrogens is 3. The van der Waals surface area contributed by atoms with E-state index in [4.69, 9.17) is 5.73 Å². The molecular weight excluding hydrogens is 248 g/mol. The van der Waals surface area contributed by atoms with Crippen LogP contribution < -0.4 is 5.73 Å². The summed E-state index contributed by atoms with van der Waals surface area (Å²) in [5.74, 6) is 0. The first-order valence-electron chi connectivity index (χ1n) is 7.16. The Bertz CT molecular complexity index is 610. The fourth-order valence-electron chi connectivity index (χ4n) is 3.12. The molecular formula is C16H22N4. The second-order valence-corrected chi connectivity index (χ2v) is 6.65. The fraction of sp³-hybridized carbons (Fsp3) is 0.500. The summed E-state index contributed by atoms with van der Waals surface area (Å²) in [7, 11) is 0. The number of nitrogens with zero attached hydrogens (tertiary/aromatic N) is 3. The molecule has 0 saturated heterocycles. The smallest absolute Gasteiger partial charge is 0.0784 e. The molecule has 106 valence electrons. The van der Waals surface area contributed by atoms with Crippen molar-refractivity contribution < 1.29 is 0 Å². The highest BCUT2D eigenvalue weighted by atomic mass is 15.0. The molecule has 2 N–H and O–H groups in total. The van der Waals surface area contributed by atoms with Crippen LogP contribution in [0.3, 0.4) is 0 Å². The van der Waals surface area contributed by atoms with Gasteiger partial charge < -0.3 is 10.3 Å². The second-order valence-electron chi connectivity index (χ2n) is 6.65.